The molecule has 8 heteroatoms. The lowest BCUT2D eigenvalue weighted by Gasteiger charge is -2.29. The van der Waals surface area contributed by atoms with Gasteiger partial charge in [-0.15, -0.1) is 0 Å². The summed E-state index contributed by atoms with van der Waals surface area (Å²) >= 11 is 0. The van der Waals surface area contributed by atoms with E-state index >= 15 is 0 Å². The minimum absolute atomic E-state index is 0.0753. The molecule has 0 aliphatic carbocycles. The van der Waals surface area contributed by atoms with E-state index in [9.17, 15) is 19.7 Å². The Balaban J connectivity index is 2.13. The quantitative estimate of drug-likeness (QED) is 0.118. The van der Waals surface area contributed by atoms with E-state index in [1.54, 1.807) is 6.07 Å². The van der Waals surface area contributed by atoms with Gasteiger partial charge in [0.15, 0.2) is 11.5 Å². The van der Waals surface area contributed by atoms with Crippen molar-refractivity contribution >= 4 is 7.82 Å². The van der Waals surface area contributed by atoms with Gasteiger partial charge in [0.05, 0.1) is 27.2 Å². The van der Waals surface area contributed by atoms with Gasteiger partial charge >= 0.3 is 7.82 Å². The first kappa shape index (κ1) is 27.9. The summed E-state index contributed by atoms with van der Waals surface area (Å²) in [5, 5.41) is 18.8. The Labute approximate surface area is 188 Å². The van der Waals surface area contributed by atoms with E-state index in [1.165, 1.54) is 57.1 Å². The van der Waals surface area contributed by atoms with Gasteiger partial charge in [-0.1, -0.05) is 51.5 Å². The first-order valence-corrected chi connectivity index (χ1v) is 13.1. The number of quaternary nitrogens is 1. The second-order valence-electron chi connectivity index (χ2n) is 8.92. The molecule has 0 aliphatic heterocycles. The molecule has 0 radical (unpaired) electrons. The summed E-state index contributed by atoms with van der Waals surface area (Å²) in [6.07, 6.45) is 11.3. The summed E-state index contributed by atoms with van der Waals surface area (Å²) in [6.45, 7) is 4.15. The summed E-state index contributed by atoms with van der Waals surface area (Å²) in [5.41, 5.74) is 0.813. The molecule has 0 bridgehead atoms. The van der Waals surface area contributed by atoms with Crippen LogP contribution in [-0.4, -0.2) is 60.0 Å². The minimum atomic E-state index is -4.07. The van der Waals surface area contributed by atoms with Crippen molar-refractivity contribution in [2.75, 3.05) is 40.4 Å². The Morgan fingerprint density at radius 2 is 1.45 bits per heavy atom. The van der Waals surface area contributed by atoms with Gasteiger partial charge in [0.2, 0.25) is 0 Å². The number of likely N-dealkylation sites (N-methyl/N-ethyl adjacent to an activating group) is 1. The molecule has 1 aromatic carbocycles. The molecule has 0 saturated heterocycles. The highest BCUT2D eigenvalue weighted by atomic mass is 31.2. The number of benzene rings is 1. The van der Waals surface area contributed by atoms with E-state index in [0.29, 0.717) is 19.4 Å². The molecule has 1 unspecified atom stereocenters. The Morgan fingerprint density at radius 3 is 2.10 bits per heavy atom. The van der Waals surface area contributed by atoms with Crippen LogP contribution in [-0.2, 0) is 20.0 Å². The molecule has 3 N–H and O–H groups in total. The second kappa shape index (κ2) is 14.9. The minimum Gasteiger partial charge on any atom is -0.504 e. The predicted octanol–water partition coefficient (Wildman–Crippen LogP) is 5.38. The number of hydrogen-bond donors (Lipinski definition) is 3. The van der Waals surface area contributed by atoms with E-state index in [0.717, 1.165) is 23.0 Å². The third kappa shape index (κ3) is 13.8. The van der Waals surface area contributed by atoms with Gasteiger partial charge in [-0.3, -0.25) is 9.05 Å². The number of hydrogen-bond acceptors (Lipinski definition) is 5. The third-order valence-electron chi connectivity index (χ3n) is 5.47. The van der Waals surface area contributed by atoms with Crippen molar-refractivity contribution in [3.8, 4) is 11.5 Å². The molecule has 31 heavy (non-hydrogen) atoms. The van der Waals surface area contributed by atoms with Crippen molar-refractivity contribution in [3.05, 3.63) is 23.8 Å². The molecule has 0 heterocycles. The largest absolute Gasteiger partial charge is 0.504 e. The molecule has 0 aromatic heterocycles. The molecule has 0 amide bonds. The number of phenolic OH excluding ortho intramolecular Hbond substituents is 2. The number of phosphoric acid groups is 1. The summed E-state index contributed by atoms with van der Waals surface area (Å²) in [4.78, 5) is 9.85. The van der Waals surface area contributed by atoms with Crippen LogP contribution < -0.4 is 0 Å². The number of aromatic hydroxyl groups is 2. The fourth-order valence-electron chi connectivity index (χ4n) is 3.41. The SMILES string of the molecule is CCCCCCCCCC[N+](C)(C)CCOP(=O)(O)OCCCc1ccc(O)c(O)c1. The molecule has 0 spiro atoms. The van der Waals surface area contributed by atoms with Crippen molar-refractivity contribution in [3.63, 3.8) is 0 Å². The topological polar surface area (TPSA) is 96.2 Å². The molecule has 0 fully saturated rings. The van der Waals surface area contributed by atoms with E-state index in [-0.39, 0.29) is 24.7 Å². The molecular weight excluding hydrogens is 417 g/mol. The lowest BCUT2D eigenvalue weighted by Crippen LogP contribution is -2.42. The first-order valence-electron chi connectivity index (χ1n) is 11.6. The van der Waals surface area contributed by atoms with Crippen LogP contribution >= 0.6 is 7.82 Å². The summed E-state index contributed by atoms with van der Waals surface area (Å²) in [5.74, 6) is -0.348. The summed E-state index contributed by atoms with van der Waals surface area (Å²) in [6, 6.07) is 4.58. The van der Waals surface area contributed by atoms with Gasteiger partial charge in [-0.2, -0.15) is 0 Å². The number of aryl methyl sites for hydroxylation is 1. The highest BCUT2D eigenvalue weighted by Gasteiger charge is 2.23. The van der Waals surface area contributed by atoms with Crippen LogP contribution in [0.5, 0.6) is 11.5 Å². The molecule has 0 aliphatic rings. The van der Waals surface area contributed by atoms with Gasteiger partial charge in [0.25, 0.3) is 0 Å². The maximum Gasteiger partial charge on any atom is 0.472 e. The van der Waals surface area contributed by atoms with Crippen molar-refractivity contribution in [2.45, 2.75) is 71.1 Å². The van der Waals surface area contributed by atoms with Crippen molar-refractivity contribution in [1.82, 2.24) is 0 Å². The average Bonchev–Trinajstić information content (AvgIpc) is 2.69. The Kier molecular flexibility index (Phi) is 13.4. The number of phosphoric ester groups is 1. The lowest BCUT2D eigenvalue weighted by atomic mass is 10.1. The zero-order valence-electron chi connectivity index (χ0n) is 19.6. The van der Waals surface area contributed by atoms with Crippen LogP contribution in [0.15, 0.2) is 18.2 Å². The van der Waals surface area contributed by atoms with E-state index in [4.69, 9.17) is 9.05 Å². The van der Waals surface area contributed by atoms with Gasteiger partial charge < -0.3 is 19.6 Å². The van der Waals surface area contributed by atoms with Crippen LogP contribution in [0.3, 0.4) is 0 Å². The summed E-state index contributed by atoms with van der Waals surface area (Å²) < 4.78 is 23.0. The zero-order chi connectivity index (χ0) is 23.2. The maximum absolute atomic E-state index is 12.0. The van der Waals surface area contributed by atoms with E-state index < -0.39 is 7.82 Å². The lowest BCUT2D eigenvalue weighted by molar-refractivity contribution is -0.890. The Hall–Kier alpha value is -1.11. The molecule has 180 valence electrons. The standard InChI is InChI=1S/C23H42NO6P/c1-4-5-6-7-8-9-10-11-16-24(2,3)17-19-30-31(27,28)29-18-12-13-21-14-15-22(25)23(26)20-21/h14-15,20H,4-13,16-19H2,1-3H3,(H2-,25,26,27,28)/p+1. The normalized spacial score (nSPS) is 13.9. The van der Waals surface area contributed by atoms with Gasteiger partial charge in [0, 0.05) is 0 Å². The van der Waals surface area contributed by atoms with Gasteiger partial charge in [-0.25, -0.2) is 4.57 Å². The van der Waals surface area contributed by atoms with Crippen LogP contribution in [0.2, 0.25) is 0 Å². The average molecular weight is 461 g/mol. The Bertz CT molecular complexity index is 667. The maximum atomic E-state index is 12.0. The van der Waals surface area contributed by atoms with Gasteiger partial charge in [0.1, 0.15) is 13.2 Å². The first-order chi connectivity index (χ1) is 14.7. The fourth-order valence-corrected chi connectivity index (χ4v) is 4.15. The van der Waals surface area contributed by atoms with E-state index in [1.807, 2.05) is 0 Å². The second-order valence-corrected chi connectivity index (χ2v) is 10.4. The zero-order valence-corrected chi connectivity index (χ0v) is 20.5. The molecule has 1 aromatic rings. The van der Waals surface area contributed by atoms with Gasteiger partial charge in [-0.05, 0) is 43.4 Å². The van der Waals surface area contributed by atoms with E-state index in [2.05, 4.69) is 21.0 Å². The highest BCUT2D eigenvalue weighted by Crippen LogP contribution is 2.43. The number of rotatable bonds is 18. The predicted molar refractivity (Wildman–Crippen MR) is 124 cm³/mol. The van der Waals surface area contributed by atoms with Crippen LogP contribution in [0.25, 0.3) is 0 Å². The Morgan fingerprint density at radius 1 is 0.839 bits per heavy atom. The van der Waals surface area contributed by atoms with Crippen LogP contribution in [0, 0.1) is 0 Å². The van der Waals surface area contributed by atoms with Crippen LogP contribution in [0.1, 0.15) is 70.3 Å². The molecule has 1 atom stereocenters. The third-order valence-corrected chi connectivity index (χ3v) is 6.49. The van der Waals surface area contributed by atoms with Crippen LogP contribution in [0.4, 0.5) is 0 Å². The fraction of sp³-hybridized carbons (Fsp3) is 0.739. The van der Waals surface area contributed by atoms with Crippen molar-refractivity contribution < 1.29 is 33.2 Å². The van der Waals surface area contributed by atoms with Crippen molar-refractivity contribution in [1.29, 1.82) is 0 Å². The summed E-state index contributed by atoms with van der Waals surface area (Å²) in [7, 11) is 0.157. The monoisotopic (exact) mass is 460 g/mol. The number of phenols is 2. The number of unbranched alkanes of at least 4 members (excludes halogenated alkanes) is 7. The molecule has 7 nitrogen and oxygen atoms in total. The smallest absolute Gasteiger partial charge is 0.472 e. The molecule has 0 saturated carbocycles. The molecule has 1 rings (SSSR count). The van der Waals surface area contributed by atoms with Crippen molar-refractivity contribution in [2.24, 2.45) is 0 Å². The number of nitrogens with zero attached hydrogens (tertiary/aromatic N) is 1. The molecular formula is C23H43NO6P+. The highest BCUT2D eigenvalue weighted by molar-refractivity contribution is 7.47.